The molecule has 2 aromatic heterocycles. The van der Waals surface area contributed by atoms with Crippen molar-refractivity contribution in [3.05, 3.63) is 57.5 Å². The van der Waals surface area contributed by atoms with Crippen LogP contribution in [0.3, 0.4) is 0 Å². The summed E-state index contributed by atoms with van der Waals surface area (Å²) in [5, 5.41) is 4.58. The standard InChI is InChI=1S/C25H30N4O3/c1-16-12-22(31)29(27-23(16)18-8-10-25(2,3)11-9-18)15-19(30)13-17-6-7-21-20(14-17)26-24(32-21)28(4)5/h6-8,12,14H,9-11,13,15H2,1-5H3. The van der Waals surface area contributed by atoms with E-state index >= 15 is 0 Å². The van der Waals surface area contributed by atoms with Crippen LogP contribution in [0.25, 0.3) is 16.7 Å². The predicted octanol–water partition coefficient (Wildman–Crippen LogP) is 4.16. The Morgan fingerprint density at radius 1 is 1.25 bits per heavy atom. The summed E-state index contributed by atoms with van der Waals surface area (Å²) in [5.41, 5.74) is 5.11. The molecule has 0 unspecified atom stereocenters. The minimum atomic E-state index is -0.251. The summed E-state index contributed by atoms with van der Waals surface area (Å²) >= 11 is 0. The molecular formula is C25H30N4O3. The molecule has 0 radical (unpaired) electrons. The van der Waals surface area contributed by atoms with Gasteiger partial charge in [0.2, 0.25) is 0 Å². The Bertz CT molecular complexity index is 1260. The molecule has 0 saturated carbocycles. The third-order valence-electron chi connectivity index (χ3n) is 6.02. The van der Waals surface area contributed by atoms with Gasteiger partial charge in [0.05, 0.1) is 5.69 Å². The zero-order chi connectivity index (χ0) is 23.0. The van der Waals surface area contributed by atoms with Gasteiger partial charge in [0.15, 0.2) is 11.4 Å². The van der Waals surface area contributed by atoms with E-state index in [1.165, 1.54) is 4.68 Å². The van der Waals surface area contributed by atoms with Crippen LogP contribution in [0.15, 0.2) is 39.6 Å². The van der Waals surface area contributed by atoms with Crippen molar-refractivity contribution in [3.8, 4) is 0 Å². The lowest BCUT2D eigenvalue weighted by Crippen LogP contribution is -2.28. The zero-order valence-corrected chi connectivity index (χ0v) is 19.4. The minimum absolute atomic E-state index is 0.0509. The number of ketones is 1. The van der Waals surface area contributed by atoms with Crippen molar-refractivity contribution in [1.29, 1.82) is 0 Å². The Hall–Kier alpha value is -3.22. The molecule has 0 amide bonds. The Balaban J connectivity index is 1.52. The Kier molecular flexibility index (Phi) is 5.75. The minimum Gasteiger partial charge on any atom is -0.423 e. The Morgan fingerprint density at radius 2 is 2.03 bits per heavy atom. The largest absolute Gasteiger partial charge is 0.423 e. The number of benzene rings is 1. The SMILES string of the molecule is Cc1cc(=O)n(CC(=O)Cc2ccc3oc(N(C)C)nc3c2)nc1C1=CCC(C)(C)CC1. The zero-order valence-electron chi connectivity index (χ0n) is 19.4. The fourth-order valence-corrected chi connectivity index (χ4v) is 4.01. The average molecular weight is 435 g/mol. The number of carbonyl (C=O) groups excluding carboxylic acids is 1. The van der Waals surface area contributed by atoms with E-state index in [9.17, 15) is 9.59 Å². The van der Waals surface area contributed by atoms with E-state index < -0.39 is 0 Å². The van der Waals surface area contributed by atoms with Crippen LogP contribution in [-0.4, -0.2) is 34.6 Å². The van der Waals surface area contributed by atoms with Gasteiger partial charge < -0.3 is 9.32 Å². The smallest absolute Gasteiger partial charge is 0.297 e. The highest BCUT2D eigenvalue weighted by Gasteiger charge is 2.24. The fourth-order valence-electron chi connectivity index (χ4n) is 4.01. The molecule has 4 rings (SSSR count). The molecule has 1 aromatic carbocycles. The maximum atomic E-state index is 12.8. The first-order valence-corrected chi connectivity index (χ1v) is 11.0. The maximum Gasteiger partial charge on any atom is 0.297 e. The van der Waals surface area contributed by atoms with Crippen LogP contribution < -0.4 is 10.5 Å². The normalized spacial score (nSPS) is 15.6. The van der Waals surface area contributed by atoms with Crippen LogP contribution in [0.5, 0.6) is 0 Å². The lowest BCUT2D eigenvalue weighted by Gasteiger charge is -2.28. The molecule has 168 valence electrons. The number of rotatable bonds is 6. The molecule has 0 bridgehead atoms. The number of Topliss-reactive ketones (excluding diaryl/α,β-unsaturated/α-hetero) is 1. The number of aromatic nitrogens is 3. The molecule has 0 aliphatic heterocycles. The van der Waals surface area contributed by atoms with Crippen LogP contribution in [0, 0.1) is 12.3 Å². The molecule has 0 N–H and O–H groups in total. The van der Waals surface area contributed by atoms with E-state index in [-0.39, 0.29) is 24.3 Å². The number of anilines is 1. The molecule has 0 atom stereocenters. The van der Waals surface area contributed by atoms with E-state index in [1.54, 1.807) is 11.0 Å². The monoisotopic (exact) mass is 434 g/mol. The van der Waals surface area contributed by atoms with Crippen LogP contribution >= 0.6 is 0 Å². The quantitative estimate of drug-likeness (QED) is 0.579. The molecule has 1 aliphatic rings. The topological polar surface area (TPSA) is 81.2 Å². The van der Waals surface area contributed by atoms with Gasteiger partial charge in [-0.15, -0.1) is 0 Å². The molecular weight excluding hydrogens is 404 g/mol. The van der Waals surface area contributed by atoms with Crippen molar-refractivity contribution in [2.45, 2.75) is 53.0 Å². The first-order chi connectivity index (χ1) is 15.1. The van der Waals surface area contributed by atoms with Crippen LogP contribution in [-0.2, 0) is 17.8 Å². The van der Waals surface area contributed by atoms with Crippen molar-refractivity contribution >= 4 is 28.5 Å². The van der Waals surface area contributed by atoms with E-state index in [4.69, 9.17) is 4.42 Å². The summed E-state index contributed by atoms with van der Waals surface area (Å²) in [6, 6.07) is 7.64. The van der Waals surface area contributed by atoms with Gasteiger partial charge in [0.25, 0.3) is 11.6 Å². The van der Waals surface area contributed by atoms with Crippen molar-refractivity contribution in [1.82, 2.24) is 14.8 Å². The van der Waals surface area contributed by atoms with E-state index in [2.05, 4.69) is 30.0 Å². The summed E-state index contributed by atoms with van der Waals surface area (Å²) < 4.78 is 6.96. The fraction of sp³-hybridized carbons (Fsp3) is 0.440. The molecule has 0 fully saturated rings. The van der Waals surface area contributed by atoms with Crippen molar-refractivity contribution < 1.29 is 9.21 Å². The summed E-state index contributed by atoms with van der Waals surface area (Å²) in [6.07, 6.45) is 5.43. The van der Waals surface area contributed by atoms with Crippen LogP contribution in [0.4, 0.5) is 6.01 Å². The van der Waals surface area contributed by atoms with Crippen molar-refractivity contribution in [3.63, 3.8) is 0 Å². The molecule has 7 nitrogen and oxygen atoms in total. The first-order valence-electron chi connectivity index (χ1n) is 11.0. The second-order valence-corrected chi connectivity index (χ2v) is 9.68. The second kappa shape index (κ2) is 8.37. The number of fused-ring (bicyclic) bond motifs is 1. The lowest BCUT2D eigenvalue weighted by atomic mass is 9.77. The molecule has 7 heteroatoms. The molecule has 32 heavy (non-hydrogen) atoms. The van der Waals surface area contributed by atoms with Gasteiger partial charge in [-0.3, -0.25) is 9.59 Å². The number of hydrogen-bond donors (Lipinski definition) is 0. The predicted molar refractivity (Wildman–Crippen MR) is 126 cm³/mol. The molecule has 2 heterocycles. The van der Waals surface area contributed by atoms with Gasteiger partial charge in [-0.25, -0.2) is 4.68 Å². The maximum absolute atomic E-state index is 12.8. The summed E-state index contributed by atoms with van der Waals surface area (Å²) in [7, 11) is 3.72. The van der Waals surface area contributed by atoms with E-state index in [0.29, 0.717) is 22.5 Å². The first kappa shape index (κ1) is 22.0. The number of aryl methyl sites for hydroxylation is 1. The summed E-state index contributed by atoms with van der Waals surface area (Å²) in [4.78, 5) is 31.5. The summed E-state index contributed by atoms with van der Waals surface area (Å²) in [6.45, 7) is 6.38. The van der Waals surface area contributed by atoms with Gasteiger partial charge in [-0.2, -0.15) is 10.1 Å². The highest BCUT2D eigenvalue weighted by molar-refractivity contribution is 5.83. The summed E-state index contributed by atoms with van der Waals surface area (Å²) in [5.74, 6) is -0.0798. The van der Waals surface area contributed by atoms with Crippen molar-refractivity contribution in [2.24, 2.45) is 5.41 Å². The van der Waals surface area contributed by atoms with Crippen molar-refractivity contribution in [2.75, 3.05) is 19.0 Å². The van der Waals surface area contributed by atoms with Gasteiger partial charge in [-0.05, 0) is 60.4 Å². The Morgan fingerprint density at radius 3 is 2.72 bits per heavy atom. The molecule has 3 aromatic rings. The lowest BCUT2D eigenvalue weighted by molar-refractivity contribution is -0.119. The van der Waals surface area contributed by atoms with Gasteiger partial charge >= 0.3 is 0 Å². The third-order valence-corrected chi connectivity index (χ3v) is 6.02. The van der Waals surface area contributed by atoms with Crippen LogP contribution in [0.2, 0.25) is 0 Å². The number of carbonyl (C=O) groups is 1. The van der Waals surface area contributed by atoms with Gasteiger partial charge in [-0.1, -0.05) is 26.0 Å². The van der Waals surface area contributed by atoms with Gasteiger partial charge in [0, 0.05) is 26.6 Å². The number of nitrogens with zero attached hydrogens (tertiary/aromatic N) is 4. The third kappa shape index (κ3) is 4.66. The highest BCUT2D eigenvalue weighted by atomic mass is 16.4. The van der Waals surface area contributed by atoms with Gasteiger partial charge in [0.1, 0.15) is 12.1 Å². The number of allylic oxidation sites excluding steroid dienone is 2. The second-order valence-electron chi connectivity index (χ2n) is 9.68. The van der Waals surface area contributed by atoms with E-state index in [0.717, 1.165) is 41.7 Å². The molecule has 0 saturated heterocycles. The highest BCUT2D eigenvalue weighted by Crippen LogP contribution is 2.37. The van der Waals surface area contributed by atoms with Crippen LogP contribution in [0.1, 0.15) is 49.9 Å². The number of hydrogen-bond acceptors (Lipinski definition) is 6. The number of oxazole rings is 1. The average Bonchev–Trinajstić information content (AvgIpc) is 3.14. The Labute approximate surface area is 187 Å². The van der Waals surface area contributed by atoms with E-state index in [1.807, 2.05) is 39.2 Å². The molecule has 0 spiro atoms. The molecule has 1 aliphatic carbocycles.